The average Bonchev–Trinajstić information content (AvgIpc) is 3.07. The van der Waals surface area contributed by atoms with Crippen LogP contribution in [0.15, 0.2) is 12.1 Å². The van der Waals surface area contributed by atoms with E-state index >= 15 is 0 Å². The normalized spacial score (nSPS) is 27.7. The molecule has 2 saturated carbocycles. The number of nitrogens with one attached hydrogen (secondary N) is 2. The molecule has 2 heterocycles. The lowest BCUT2D eigenvalue weighted by Crippen LogP contribution is -2.42. The maximum atomic E-state index is 12.9. The lowest BCUT2D eigenvalue weighted by atomic mass is 9.79. The van der Waals surface area contributed by atoms with Gasteiger partial charge in [-0.3, -0.25) is 9.59 Å². The minimum Gasteiger partial charge on any atom is -0.354 e. The van der Waals surface area contributed by atoms with Crippen LogP contribution in [0.1, 0.15) is 68.6 Å². The van der Waals surface area contributed by atoms with Crippen molar-refractivity contribution in [2.45, 2.75) is 64.8 Å². The maximum absolute atomic E-state index is 12.9. The monoisotopic (exact) mass is 357 g/mol. The topological polar surface area (TPSA) is 65.2 Å². The minimum absolute atomic E-state index is 0.0400. The molecule has 1 spiro atoms. The molecule has 1 saturated heterocycles. The molecule has 2 amide bonds. The number of aromatic nitrogens is 1. The molecule has 4 rings (SSSR count). The summed E-state index contributed by atoms with van der Waals surface area (Å²) in [5.41, 5.74) is 2.30. The van der Waals surface area contributed by atoms with Crippen LogP contribution in [0, 0.1) is 17.3 Å². The van der Waals surface area contributed by atoms with Crippen LogP contribution in [0.5, 0.6) is 0 Å². The minimum atomic E-state index is -0.0656. The number of amides is 2. The molecule has 2 N–H and O–H groups in total. The zero-order valence-electron chi connectivity index (χ0n) is 16.0. The molecule has 26 heavy (non-hydrogen) atoms. The van der Waals surface area contributed by atoms with Crippen molar-refractivity contribution in [1.29, 1.82) is 0 Å². The van der Waals surface area contributed by atoms with Crippen molar-refractivity contribution < 1.29 is 9.59 Å². The fraction of sp³-hybridized carbons (Fsp3) is 0.714. The Labute approximate surface area is 155 Å². The summed E-state index contributed by atoms with van der Waals surface area (Å²) in [7, 11) is 0. The summed E-state index contributed by atoms with van der Waals surface area (Å²) in [4.78, 5) is 30.6. The van der Waals surface area contributed by atoms with Gasteiger partial charge in [0, 0.05) is 24.7 Å². The molecule has 2 aliphatic carbocycles. The van der Waals surface area contributed by atoms with Crippen LogP contribution < -0.4 is 5.32 Å². The number of likely N-dealkylation sites (tertiary alicyclic amines) is 1. The number of H-pyrrole nitrogens is 1. The SMILES string of the molecule is CCc1ccc(C(=O)NC2CN(C(=O)C3CCC4(CC3)CC4)CC2C)[nH]1. The zero-order valence-corrected chi connectivity index (χ0v) is 16.0. The molecule has 2 atom stereocenters. The summed E-state index contributed by atoms with van der Waals surface area (Å²) in [6.07, 6.45) is 8.23. The Morgan fingerprint density at radius 3 is 2.54 bits per heavy atom. The Morgan fingerprint density at radius 2 is 1.92 bits per heavy atom. The highest BCUT2D eigenvalue weighted by molar-refractivity contribution is 5.92. The standard InChI is InChI=1S/C21H31N3O2/c1-3-16-4-5-17(22-16)19(25)23-18-13-24(12-14(18)2)20(26)15-6-8-21(9-7-15)10-11-21/h4-5,14-15,18,22H,3,6-13H2,1-2H3,(H,23,25). The molecule has 1 aliphatic heterocycles. The van der Waals surface area contributed by atoms with E-state index in [1.165, 1.54) is 25.7 Å². The highest BCUT2D eigenvalue weighted by Gasteiger charge is 2.47. The van der Waals surface area contributed by atoms with E-state index in [9.17, 15) is 9.59 Å². The third-order valence-corrected chi connectivity index (χ3v) is 6.97. The second-order valence-corrected chi connectivity index (χ2v) is 8.83. The third-order valence-electron chi connectivity index (χ3n) is 6.97. The fourth-order valence-corrected chi connectivity index (χ4v) is 4.77. The Kier molecular flexibility index (Phi) is 4.57. The lowest BCUT2D eigenvalue weighted by Gasteiger charge is -2.30. The number of rotatable bonds is 4. The van der Waals surface area contributed by atoms with Gasteiger partial charge in [-0.05, 0) is 68.4 Å². The van der Waals surface area contributed by atoms with Gasteiger partial charge in [0.15, 0.2) is 0 Å². The summed E-state index contributed by atoms with van der Waals surface area (Å²) in [5, 5.41) is 3.13. The van der Waals surface area contributed by atoms with Crippen LogP contribution in [-0.4, -0.2) is 40.8 Å². The second kappa shape index (κ2) is 6.75. The number of hydrogen-bond acceptors (Lipinski definition) is 2. The number of carbonyl (C=O) groups is 2. The van der Waals surface area contributed by atoms with Crippen LogP contribution in [0.4, 0.5) is 0 Å². The molecule has 2 unspecified atom stereocenters. The van der Waals surface area contributed by atoms with Gasteiger partial charge >= 0.3 is 0 Å². The van der Waals surface area contributed by atoms with Gasteiger partial charge < -0.3 is 15.2 Å². The molecule has 3 aliphatic rings. The Hall–Kier alpha value is -1.78. The smallest absolute Gasteiger partial charge is 0.267 e. The number of nitrogens with zero attached hydrogens (tertiary/aromatic N) is 1. The van der Waals surface area contributed by atoms with Crippen LogP contribution in [0.25, 0.3) is 0 Å². The number of hydrogen-bond donors (Lipinski definition) is 2. The summed E-state index contributed by atoms with van der Waals surface area (Å²) in [6, 6.07) is 3.84. The summed E-state index contributed by atoms with van der Waals surface area (Å²) in [5.74, 6) is 0.752. The van der Waals surface area contributed by atoms with Crippen molar-refractivity contribution in [3.05, 3.63) is 23.5 Å². The Balaban J connectivity index is 1.32. The third kappa shape index (κ3) is 3.40. The van der Waals surface area contributed by atoms with Crippen molar-refractivity contribution >= 4 is 11.8 Å². The predicted molar refractivity (Wildman–Crippen MR) is 101 cm³/mol. The predicted octanol–water partition coefficient (Wildman–Crippen LogP) is 3.12. The molecule has 0 bridgehead atoms. The van der Waals surface area contributed by atoms with Gasteiger partial charge in [-0.15, -0.1) is 0 Å². The van der Waals surface area contributed by atoms with Crippen LogP contribution in [0.2, 0.25) is 0 Å². The van der Waals surface area contributed by atoms with Gasteiger partial charge in [0.05, 0.1) is 6.04 Å². The first kappa shape index (κ1) is 17.6. The molecule has 3 fully saturated rings. The molecule has 5 heteroatoms. The molecule has 1 aromatic rings. The highest BCUT2D eigenvalue weighted by atomic mass is 16.2. The Morgan fingerprint density at radius 1 is 1.19 bits per heavy atom. The van der Waals surface area contributed by atoms with Gasteiger partial charge in [0.25, 0.3) is 5.91 Å². The number of aromatic amines is 1. The van der Waals surface area contributed by atoms with Crippen molar-refractivity contribution in [1.82, 2.24) is 15.2 Å². The van der Waals surface area contributed by atoms with Crippen molar-refractivity contribution in [3.63, 3.8) is 0 Å². The van der Waals surface area contributed by atoms with Crippen LogP contribution in [0.3, 0.4) is 0 Å². The average molecular weight is 357 g/mol. The first-order valence-electron chi connectivity index (χ1n) is 10.3. The Bertz CT molecular complexity index is 681. The zero-order chi connectivity index (χ0) is 18.3. The molecule has 142 valence electrons. The van der Waals surface area contributed by atoms with E-state index in [0.717, 1.165) is 31.5 Å². The van der Waals surface area contributed by atoms with Crippen LogP contribution >= 0.6 is 0 Å². The second-order valence-electron chi connectivity index (χ2n) is 8.83. The number of aryl methyl sites for hydroxylation is 1. The van der Waals surface area contributed by atoms with Gasteiger partial charge in [-0.1, -0.05) is 13.8 Å². The van der Waals surface area contributed by atoms with Gasteiger partial charge in [0.1, 0.15) is 5.69 Å². The van der Waals surface area contributed by atoms with Crippen molar-refractivity contribution in [2.24, 2.45) is 17.3 Å². The largest absolute Gasteiger partial charge is 0.354 e. The number of carbonyl (C=O) groups excluding carboxylic acids is 2. The highest BCUT2D eigenvalue weighted by Crippen LogP contribution is 2.57. The van der Waals surface area contributed by atoms with E-state index < -0.39 is 0 Å². The fourth-order valence-electron chi connectivity index (χ4n) is 4.77. The van der Waals surface area contributed by atoms with E-state index in [1.54, 1.807) is 0 Å². The van der Waals surface area contributed by atoms with Crippen molar-refractivity contribution in [3.8, 4) is 0 Å². The van der Waals surface area contributed by atoms with E-state index in [0.29, 0.717) is 29.5 Å². The molecule has 0 aromatic carbocycles. The van der Waals surface area contributed by atoms with Crippen molar-refractivity contribution in [2.75, 3.05) is 13.1 Å². The maximum Gasteiger partial charge on any atom is 0.267 e. The first-order valence-corrected chi connectivity index (χ1v) is 10.3. The first-order chi connectivity index (χ1) is 12.5. The lowest BCUT2D eigenvalue weighted by molar-refractivity contribution is -0.136. The van der Waals surface area contributed by atoms with E-state index in [1.807, 2.05) is 17.0 Å². The quantitative estimate of drug-likeness (QED) is 0.869. The molecule has 1 aromatic heterocycles. The summed E-state index contributed by atoms with van der Waals surface area (Å²) < 4.78 is 0. The van der Waals surface area contributed by atoms with E-state index in [4.69, 9.17) is 0 Å². The van der Waals surface area contributed by atoms with Gasteiger partial charge in [0.2, 0.25) is 5.91 Å². The van der Waals surface area contributed by atoms with E-state index in [-0.39, 0.29) is 17.9 Å². The molecule has 5 nitrogen and oxygen atoms in total. The summed E-state index contributed by atoms with van der Waals surface area (Å²) in [6.45, 7) is 5.60. The van der Waals surface area contributed by atoms with Gasteiger partial charge in [-0.2, -0.15) is 0 Å². The van der Waals surface area contributed by atoms with Crippen LogP contribution in [-0.2, 0) is 11.2 Å². The van der Waals surface area contributed by atoms with E-state index in [2.05, 4.69) is 24.1 Å². The van der Waals surface area contributed by atoms with Gasteiger partial charge in [-0.25, -0.2) is 0 Å². The molecular weight excluding hydrogens is 326 g/mol. The molecule has 0 radical (unpaired) electrons. The summed E-state index contributed by atoms with van der Waals surface area (Å²) >= 11 is 0. The molecular formula is C21H31N3O2.